The van der Waals surface area contributed by atoms with Crippen LogP contribution in [0.1, 0.15) is 52.9 Å². The second-order valence-electron chi connectivity index (χ2n) is 6.56. The molecule has 2 nitrogen and oxygen atoms in total. The summed E-state index contributed by atoms with van der Waals surface area (Å²) in [7, 11) is 0. The molecule has 2 aliphatic carbocycles. The van der Waals surface area contributed by atoms with Crippen LogP contribution in [-0.2, 0) is 0 Å². The van der Waals surface area contributed by atoms with Gasteiger partial charge >= 0.3 is 0 Å². The molecule has 0 amide bonds. The fraction of sp³-hybridized carbons (Fsp3) is 1.00. The van der Waals surface area contributed by atoms with Crippen LogP contribution >= 0.6 is 0 Å². The van der Waals surface area contributed by atoms with Gasteiger partial charge in [-0.05, 0) is 42.9 Å². The molecule has 0 aliphatic heterocycles. The predicted octanol–water partition coefficient (Wildman–Crippen LogP) is 2.83. The van der Waals surface area contributed by atoms with Gasteiger partial charge in [0.05, 0.1) is 12.2 Å². The van der Waals surface area contributed by atoms with E-state index in [1.165, 1.54) is 12.8 Å². The Labute approximate surface area is 105 Å². The van der Waals surface area contributed by atoms with Gasteiger partial charge in [-0.25, -0.2) is 0 Å². The first-order valence-electron chi connectivity index (χ1n) is 7.42. The van der Waals surface area contributed by atoms with E-state index in [0.717, 1.165) is 19.3 Å². The molecule has 17 heavy (non-hydrogen) atoms. The Bertz CT molecular complexity index is 249. The molecule has 0 aromatic carbocycles. The van der Waals surface area contributed by atoms with Gasteiger partial charge in [-0.3, -0.25) is 0 Å². The third kappa shape index (κ3) is 2.39. The van der Waals surface area contributed by atoms with Crippen molar-refractivity contribution < 1.29 is 10.2 Å². The number of aliphatic hydroxyl groups excluding tert-OH is 2. The molecule has 0 aromatic heterocycles. The number of fused-ring (bicyclic) bond motifs is 1. The van der Waals surface area contributed by atoms with Crippen LogP contribution in [0.25, 0.3) is 0 Å². The lowest BCUT2D eigenvalue weighted by molar-refractivity contribution is -0.0300. The van der Waals surface area contributed by atoms with Crippen molar-refractivity contribution in [2.45, 2.75) is 65.1 Å². The lowest BCUT2D eigenvalue weighted by Crippen LogP contribution is -2.37. The smallest absolute Gasteiger partial charge is 0.0626 e. The van der Waals surface area contributed by atoms with Crippen molar-refractivity contribution in [1.29, 1.82) is 0 Å². The van der Waals surface area contributed by atoms with Gasteiger partial charge in [0.25, 0.3) is 0 Å². The van der Waals surface area contributed by atoms with Gasteiger partial charge in [-0.2, -0.15) is 0 Å². The molecule has 100 valence electrons. The fourth-order valence-electron chi connectivity index (χ4n) is 4.24. The van der Waals surface area contributed by atoms with Crippen molar-refractivity contribution in [1.82, 2.24) is 0 Å². The van der Waals surface area contributed by atoms with Gasteiger partial charge in [-0.15, -0.1) is 0 Å². The zero-order valence-corrected chi connectivity index (χ0v) is 11.5. The molecule has 2 N–H and O–H groups in total. The molecule has 0 aromatic rings. The summed E-state index contributed by atoms with van der Waals surface area (Å²) < 4.78 is 0. The predicted molar refractivity (Wildman–Crippen MR) is 69.6 cm³/mol. The zero-order chi connectivity index (χ0) is 12.6. The summed E-state index contributed by atoms with van der Waals surface area (Å²) in [6.07, 6.45) is 5.20. The molecular formula is C15H28O2. The third-order valence-corrected chi connectivity index (χ3v) is 5.36. The van der Waals surface area contributed by atoms with E-state index >= 15 is 0 Å². The second kappa shape index (κ2) is 5.27. The normalized spacial score (nSPS) is 46.9. The van der Waals surface area contributed by atoms with E-state index in [1.807, 2.05) is 0 Å². The molecule has 0 heterocycles. The largest absolute Gasteiger partial charge is 0.392 e. The van der Waals surface area contributed by atoms with Crippen LogP contribution in [0, 0.1) is 29.6 Å². The standard InChI is InChI=1S/C15H28O2/c1-4-10-6-5-7-11-8-12(9(2)3)15(17)13(11)14(10)16/h9-17H,4-8H2,1-3H3/t10-,11?,12-,13?,14?,15?/m0/s1. The van der Waals surface area contributed by atoms with E-state index < -0.39 is 0 Å². The zero-order valence-electron chi connectivity index (χ0n) is 11.5. The Kier molecular flexibility index (Phi) is 4.14. The minimum absolute atomic E-state index is 0.148. The summed E-state index contributed by atoms with van der Waals surface area (Å²) in [5.41, 5.74) is 0. The van der Waals surface area contributed by atoms with E-state index in [2.05, 4.69) is 20.8 Å². The van der Waals surface area contributed by atoms with Crippen LogP contribution in [0.2, 0.25) is 0 Å². The maximum Gasteiger partial charge on any atom is 0.0626 e. The summed E-state index contributed by atoms with van der Waals surface area (Å²) in [4.78, 5) is 0. The molecule has 6 atom stereocenters. The van der Waals surface area contributed by atoms with Gasteiger partial charge in [0.1, 0.15) is 0 Å². The molecule has 0 saturated heterocycles. The molecule has 0 radical (unpaired) electrons. The highest BCUT2D eigenvalue weighted by Crippen LogP contribution is 2.48. The maximum absolute atomic E-state index is 10.5. The van der Waals surface area contributed by atoms with Gasteiger partial charge < -0.3 is 10.2 Å². The SMILES string of the molecule is CC[C@H]1CCCC2C[C@@H](C(C)C)C(O)C2C1O. The summed E-state index contributed by atoms with van der Waals surface area (Å²) in [6, 6.07) is 0. The van der Waals surface area contributed by atoms with Crippen LogP contribution < -0.4 is 0 Å². The average molecular weight is 240 g/mol. The van der Waals surface area contributed by atoms with Crippen LogP contribution in [0.15, 0.2) is 0 Å². The summed E-state index contributed by atoms with van der Waals surface area (Å²) >= 11 is 0. The fourth-order valence-corrected chi connectivity index (χ4v) is 4.24. The third-order valence-electron chi connectivity index (χ3n) is 5.36. The van der Waals surface area contributed by atoms with E-state index in [9.17, 15) is 10.2 Å². The van der Waals surface area contributed by atoms with Gasteiger partial charge in [0.15, 0.2) is 0 Å². The molecule has 2 fully saturated rings. The molecule has 2 aliphatic rings. The van der Waals surface area contributed by atoms with Crippen molar-refractivity contribution >= 4 is 0 Å². The second-order valence-corrected chi connectivity index (χ2v) is 6.56. The molecular weight excluding hydrogens is 212 g/mol. The van der Waals surface area contributed by atoms with Crippen LogP contribution in [0.4, 0.5) is 0 Å². The average Bonchev–Trinajstić information content (AvgIpc) is 2.51. The van der Waals surface area contributed by atoms with Crippen molar-refractivity contribution in [2.24, 2.45) is 29.6 Å². The Morgan fingerprint density at radius 1 is 1.12 bits per heavy atom. The summed E-state index contributed by atoms with van der Waals surface area (Å²) in [5.74, 6) is 2.05. The molecule has 2 heteroatoms. The Balaban J connectivity index is 2.16. The minimum Gasteiger partial charge on any atom is -0.392 e. The van der Waals surface area contributed by atoms with Crippen molar-refractivity contribution in [3.05, 3.63) is 0 Å². The molecule has 2 saturated carbocycles. The van der Waals surface area contributed by atoms with Gasteiger partial charge in [-0.1, -0.05) is 33.6 Å². The Morgan fingerprint density at radius 3 is 2.41 bits per heavy atom. The Hall–Kier alpha value is -0.0800. The first-order valence-corrected chi connectivity index (χ1v) is 7.42. The monoisotopic (exact) mass is 240 g/mol. The Morgan fingerprint density at radius 2 is 1.82 bits per heavy atom. The lowest BCUT2D eigenvalue weighted by Gasteiger charge is -2.30. The van der Waals surface area contributed by atoms with E-state index in [0.29, 0.717) is 23.7 Å². The molecule has 2 rings (SSSR count). The quantitative estimate of drug-likeness (QED) is 0.779. The topological polar surface area (TPSA) is 40.5 Å². The lowest BCUT2D eigenvalue weighted by atomic mass is 9.82. The van der Waals surface area contributed by atoms with Gasteiger partial charge in [0.2, 0.25) is 0 Å². The number of rotatable bonds is 2. The highest BCUT2D eigenvalue weighted by atomic mass is 16.3. The maximum atomic E-state index is 10.5. The number of hydrogen-bond donors (Lipinski definition) is 2. The van der Waals surface area contributed by atoms with Crippen molar-refractivity contribution in [2.75, 3.05) is 0 Å². The highest BCUT2D eigenvalue weighted by molar-refractivity contribution is 4.98. The van der Waals surface area contributed by atoms with Crippen molar-refractivity contribution in [3.8, 4) is 0 Å². The van der Waals surface area contributed by atoms with Crippen LogP contribution in [-0.4, -0.2) is 22.4 Å². The minimum atomic E-state index is -0.276. The number of hydrogen-bond acceptors (Lipinski definition) is 2. The molecule has 4 unspecified atom stereocenters. The first-order chi connectivity index (χ1) is 8.06. The van der Waals surface area contributed by atoms with Crippen LogP contribution in [0.5, 0.6) is 0 Å². The molecule has 0 bridgehead atoms. The summed E-state index contributed by atoms with van der Waals surface area (Å²) in [5, 5.41) is 21.0. The summed E-state index contributed by atoms with van der Waals surface area (Å²) in [6.45, 7) is 6.56. The number of aliphatic hydroxyl groups is 2. The van der Waals surface area contributed by atoms with E-state index in [-0.39, 0.29) is 18.1 Å². The van der Waals surface area contributed by atoms with Gasteiger partial charge in [0, 0.05) is 5.92 Å². The van der Waals surface area contributed by atoms with E-state index in [1.54, 1.807) is 0 Å². The van der Waals surface area contributed by atoms with Crippen LogP contribution in [0.3, 0.4) is 0 Å². The van der Waals surface area contributed by atoms with Crippen molar-refractivity contribution in [3.63, 3.8) is 0 Å². The van der Waals surface area contributed by atoms with E-state index in [4.69, 9.17) is 0 Å². The highest BCUT2D eigenvalue weighted by Gasteiger charge is 2.48. The molecule has 0 spiro atoms. The first kappa shape index (κ1) is 13.4.